The van der Waals surface area contributed by atoms with Crippen LogP contribution in [0.15, 0.2) is 28.8 Å². The van der Waals surface area contributed by atoms with Gasteiger partial charge in [-0.05, 0) is 45.4 Å². The molecule has 1 aromatic carbocycles. The molecule has 1 amide bonds. The lowest BCUT2D eigenvalue weighted by molar-refractivity contribution is -0.117. The summed E-state index contributed by atoms with van der Waals surface area (Å²) >= 11 is 0. The van der Waals surface area contributed by atoms with E-state index in [1.54, 1.807) is 25.1 Å². The minimum atomic E-state index is -0.523. The normalized spacial score (nSPS) is 20.7. The lowest BCUT2D eigenvalue weighted by Gasteiger charge is -2.37. The maximum absolute atomic E-state index is 14.7. The number of aryl methyl sites for hydroxylation is 1. The molecule has 1 aromatic heterocycles. The number of aromatic nitrogens is 1. The molecule has 2 N–H and O–H groups in total. The summed E-state index contributed by atoms with van der Waals surface area (Å²) in [5.74, 6) is 0.394. The number of ether oxygens (including phenoxy) is 1. The van der Waals surface area contributed by atoms with E-state index in [2.05, 4.69) is 15.8 Å². The summed E-state index contributed by atoms with van der Waals surface area (Å²) in [6.45, 7) is 8.88. The highest BCUT2D eigenvalue weighted by Gasteiger charge is 2.25. The first-order valence-corrected chi connectivity index (χ1v) is 9.56. The Bertz CT molecular complexity index is 816. The van der Waals surface area contributed by atoms with Crippen molar-refractivity contribution in [2.24, 2.45) is 0 Å². The molecule has 3 rings (SSSR count). The van der Waals surface area contributed by atoms with Gasteiger partial charge in [-0.25, -0.2) is 4.39 Å². The van der Waals surface area contributed by atoms with Gasteiger partial charge in [-0.15, -0.1) is 0 Å². The third-order valence-electron chi connectivity index (χ3n) is 4.65. The van der Waals surface area contributed by atoms with Crippen molar-refractivity contribution in [2.75, 3.05) is 28.6 Å². The van der Waals surface area contributed by atoms with E-state index in [9.17, 15) is 9.18 Å². The van der Waals surface area contributed by atoms with Crippen LogP contribution >= 0.6 is 0 Å². The molecule has 152 valence electrons. The SMILES string of the molecule is CCC(Nc1ccc(N2CC(C)OC(C)C2)c(F)c1)C(=O)Nc1cc(C)on1. The monoisotopic (exact) mass is 390 g/mol. The Kier molecular flexibility index (Phi) is 6.18. The largest absolute Gasteiger partial charge is 0.374 e. The molecule has 7 nitrogen and oxygen atoms in total. The minimum absolute atomic E-state index is 0.0503. The van der Waals surface area contributed by atoms with Crippen molar-refractivity contribution in [1.29, 1.82) is 0 Å². The van der Waals surface area contributed by atoms with Gasteiger partial charge in [0.15, 0.2) is 5.82 Å². The second kappa shape index (κ2) is 8.60. The zero-order valence-electron chi connectivity index (χ0n) is 16.7. The predicted octanol–water partition coefficient (Wildman–Crippen LogP) is 3.56. The van der Waals surface area contributed by atoms with Gasteiger partial charge in [0.2, 0.25) is 5.91 Å². The number of amides is 1. The van der Waals surface area contributed by atoms with Crippen molar-refractivity contribution in [2.45, 2.75) is 52.4 Å². The van der Waals surface area contributed by atoms with Crippen molar-refractivity contribution in [3.05, 3.63) is 35.8 Å². The molecule has 2 heterocycles. The van der Waals surface area contributed by atoms with Crippen LogP contribution in [0.1, 0.15) is 33.0 Å². The van der Waals surface area contributed by atoms with Gasteiger partial charge in [0.05, 0.1) is 17.9 Å². The fourth-order valence-corrected chi connectivity index (χ4v) is 3.42. The predicted molar refractivity (Wildman–Crippen MR) is 106 cm³/mol. The highest BCUT2D eigenvalue weighted by atomic mass is 19.1. The van der Waals surface area contributed by atoms with Crippen LogP contribution in [0.25, 0.3) is 0 Å². The molecule has 0 bridgehead atoms. The highest BCUT2D eigenvalue weighted by Crippen LogP contribution is 2.26. The number of nitrogens with zero attached hydrogens (tertiary/aromatic N) is 2. The Balaban J connectivity index is 1.67. The lowest BCUT2D eigenvalue weighted by Crippen LogP contribution is -2.45. The number of halogens is 1. The van der Waals surface area contributed by atoms with Gasteiger partial charge >= 0.3 is 0 Å². The van der Waals surface area contributed by atoms with Crippen molar-refractivity contribution in [3.63, 3.8) is 0 Å². The summed E-state index contributed by atoms with van der Waals surface area (Å²) in [6.07, 6.45) is 0.633. The number of anilines is 3. The number of nitrogens with one attached hydrogen (secondary N) is 2. The Morgan fingerprint density at radius 1 is 1.32 bits per heavy atom. The van der Waals surface area contributed by atoms with Crippen LogP contribution in [0.4, 0.5) is 21.6 Å². The first kappa shape index (κ1) is 20.1. The van der Waals surface area contributed by atoms with E-state index in [1.807, 2.05) is 25.7 Å². The molecule has 8 heteroatoms. The Morgan fingerprint density at radius 2 is 2.04 bits per heavy atom. The fraction of sp³-hybridized carbons (Fsp3) is 0.500. The number of hydrogen-bond donors (Lipinski definition) is 2. The van der Waals surface area contributed by atoms with E-state index in [1.165, 1.54) is 6.07 Å². The topological polar surface area (TPSA) is 79.6 Å². The molecule has 1 aliphatic heterocycles. The van der Waals surface area contributed by atoms with Crippen LogP contribution in [0, 0.1) is 12.7 Å². The summed E-state index contributed by atoms with van der Waals surface area (Å²) in [7, 11) is 0. The number of benzene rings is 1. The van der Waals surface area contributed by atoms with Gasteiger partial charge in [-0.3, -0.25) is 4.79 Å². The molecule has 3 atom stereocenters. The van der Waals surface area contributed by atoms with Crippen LogP contribution in [0.3, 0.4) is 0 Å². The molecule has 0 spiro atoms. The molecule has 0 radical (unpaired) electrons. The third-order valence-corrected chi connectivity index (χ3v) is 4.65. The second-order valence-corrected chi connectivity index (χ2v) is 7.25. The summed E-state index contributed by atoms with van der Waals surface area (Å²) < 4.78 is 25.4. The zero-order chi connectivity index (χ0) is 20.3. The van der Waals surface area contributed by atoms with E-state index >= 15 is 0 Å². The molecule has 0 aliphatic carbocycles. The van der Waals surface area contributed by atoms with E-state index in [4.69, 9.17) is 9.26 Å². The fourth-order valence-electron chi connectivity index (χ4n) is 3.42. The number of carbonyl (C=O) groups excluding carboxylic acids is 1. The Labute approximate surface area is 164 Å². The first-order valence-electron chi connectivity index (χ1n) is 9.56. The smallest absolute Gasteiger partial charge is 0.248 e. The average molecular weight is 390 g/mol. The van der Waals surface area contributed by atoms with Gasteiger partial charge in [0, 0.05) is 24.8 Å². The zero-order valence-corrected chi connectivity index (χ0v) is 16.7. The summed E-state index contributed by atoms with van der Waals surface area (Å²) in [5.41, 5.74) is 1.09. The summed E-state index contributed by atoms with van der Waals surface area (Å²) in [6, 6.07) is 6.08. The van der Waals surface area contributed by atoms with Crippen LogP contribution in [-0.2, 0) is 9.53 Å². The van der Waals surface area contributed by atoms with Crippen molar-refractivity contribution in [1.82, 2.24) is 5.16 Å². The maximum Gasteiger partial charge on any atom is 0.248 e. The summed E-state index contributed by atoms with van der Waals surface area (Å²) in [4.78, 5) is 14.5. The molecular formula is C20H27FN4O3. The first-order chi connectivity index (χ1) is 13.4. The second-order valence-electron chi connectivity index (χ2n) is 7.25. The molecule has 28 heavy (non-hydrogen) atoms. The molecule has 3 unspecified atom stereocenters. The average Bonchev–Trinajstić information content (AvgIpc) is 3.03. The minimum Gasteiger partial charge on any atom is -0.374 e. The number of rotatable bonds is 6. The van der Waals surface area contributed by atoms with Crippen LogP contribution in [0.5, 0.6) is 0 Å². The van der Waals surface area contributed by atoms with Gasteiger partial charge in [-0.2, -0.15) is 0 Å². The van der Waals surface area contributed by atoms with E-state index in [0.29, 0.717) is 42.5 Å². The van der Waals surface area contributed by atoms with Crippen molar-refractivity contribution >= 4 is 23.1 Å². The van der Waals surface area contributed by atoms with Gasteiger partial charge in [0.25, 0.3) is 0 Å². The Morgan fingerprint density at radius 3 is 2.61 bits per heavy atom. The van der Waals surface area contributed by atoms with Crippen LogP contribution in [-0.4, -0.2) is 42.4 Å². The molecular weight excluding hydrogens is 363 g/mol. The quantitative estimate of drug-likeness (QED) is 0.785. The van der Waals surface area contributed by atoms with Crippen molar-refractivity contribution < 1.29 is 18.4 Å². The van der Waals surface area contributed by atoms with Crippen molar-refractivity contribution in [3.8, 4) is 0 Å². The van der Waals surface area contributed by atoms with Crippen LogP contribution < -0.4 is 15.5 Å². The number of morpholine rings is 1. The van der Waals surface area contributed by atoms with Gasteiger partial charge in [0.1, 0.15) is 17.6 Å². The van der Waals surface area contributed by atoms with Gasteiger partial charge in [-0.1, -0.05) is 12.1 Å². The summed E-state index contributed by atoms with van der Waals surface area (Å²) in [5, 5.41) is 9.55. The van der Waals surface area contributed by atoms with Crippen LogP contribution in [0.2, 0.25) is 0 Å². The van der Waals surface area contributed by atoms with Gasteiger partial charge < -0.3 is 24.8 Å². The number of hydrogen-bond acceptors (Lipinski definition) is 6. The van der Waals surface area contributed by atoms with E-state index in [0.717, 1.165) is 0 Å². The molecule has 1 fully saturated rings. The standard InChI is InChI=1S/C20H27FN4O3/c1-5-17(20(26)23-19-8-12(2)28-24-19)22-15-6-7-18(16(21)9-15)25-10-13(3)27-14(4)11-25/h6-9,13-14,17,22H,5,10-11H2,1-4H3,(H,23,24,26). The highest BCUT2D eigenvalue weighted by molar-refractivity contribution is 5.95. The maximum atomic E-state index is 14.7. The molecule has 0 saturated carbocycles. The van der Waals surface area contributed by atoms with E-state index < -0.39 is 6.04 Å². The molecule has 1 aliphatic rings. The molecule has 1 saturated heterocycles. The van der Waals surface area contributed by atoms with E-state index in [-0.39, 0.29) is 23.9 Å². The Hall–Kier alpha value is -2.61. The molecule has 2 aromatic rings. The number of carbonyl (C=O) groups is 1. The third kappa shape index (κ3) is 4.81. The lowest BCUT2D eigenvalue weighted by atomic mass is 10.1.